The summed E-state index contributed by atoms with van der Waals surface area (Å²) in [4.78, 5) is 10.4. The maximum Gasteiger partial charge on any atom is 0.147 e. The van der Waals surface area contributed by atoms with Gasteiger partial charge in [0.05, 0.1) is 16.7 Å². The van der Waals surface area contributed by atoms with Crippen LogP contribution in [0.15, 0.2) is 127 Å². The summed E-state index contributed by atoms with van der Waals surface area (Å²) in [6.45, 7) is 0. The van der Waals surface area contributed by atoms with E-state index in [0.29, 0.717) is 0 Å². The van der Waals surface area contributed by atoms with Gasteiger partial charge in [0.25, 0.3) is 0 Å². The maximum atomic E-state index is 5.29. The van der Waals surface area contributed by atoms with Gasteiger partial charge in [0.1, 0.15) is 11.5 Å². The fraction of sp³-hybridized carbons (Fsp3) is 0. The second-order valence-electron chi connectivity index (χ2n) is 8.70. The average molecular weight is 448 g/mol. The highest BCUT2D eigenvalue weighted by Gasteiger charge is 2.17. The number of para-hydroxylation sites is 2. The Morgan fingerprint density at radius 3 is 2.06 bits per heavy atom. The SMILES string of the molecule is c1ccc(-c2cccc(-n3c4ccccc4c4cc5cccc(-c6ccccc6)c5nc43)n2)cc1. The third-order valence-corrected chi connectivity index (χ3v) is 6.59. The molecule has 7 aromatic rings. The number of rotatable bonds is 3. The molecular weight excluding hydrogens is 426 g/mol. The topological polar surface area (TPSA) is 30.7 Å². The van der Waals surface area contributed by atoms with E-state index >= 15 is 0 Å². The van der Waals surface area contributed by atoms with Gasteiger partial charge in [-0.2, -0.15) is 0 Å². The first-order chi connectivity index (χ1) is 17.4. The Kier molecular flexibility index (Phi) is 4.46. The van der Waals surface area contributed by atoms with Gasteiger partial charge in [0.15, 0.2) is 0 Å². The Balaban J connectivity index is 1.55. The van der Waals surface area contributed by atoms with Crippen LogP contribution in [0.4, 0.5) is 0 Å². The molecule has 0 unspecified atom stereocenters. The number of hydrogen-bond acceptors (Lipinski definition) is 2. The molecule has 4 aromatic carbocycles. The highest BCUT2D eigenvalue weighted by molar-refractivity contribution is 6.12. The molecule has 0 aliphatic rings. The Bertz CT molecular complexity index is 1830. The van der Waals surface area contributed by atoms with E-state index in [-0.39, 0.29) is 0 Å². The highest BCUT2D eigenvalue weighted by atomic mass is 15.1. The van der Waals surface area contributed by atoms with Crippen molar-refractivity contribution < 1.29 is 0 Å². The van der Waals surface area contributed by atoms with Crippen LogP contribution in [0.3, 0.4) is 0 Å². The van der Waals surface area contributed by atoms with Gasteiger partial charge in [0, 0.05) is 27.3 Å². The largest absolute Gasteiger partial charge is 0.278 e. The van der Waals surface area contributed by atoms with E-state index in [1.54, 1.807) is 0 Å². The molecule has 164 valence electrons. The molecule has 0 spiro atoms. The summed E-state index contributed by atoms with van der Waals surface area (Å²) in [7, 11) is 0. The third kappa shape index (κ3) is 3.21. The number of hydrogen-bond donors (Lipinski definition) is 0. The van der Waals surface area contributed by atoms with E-state index < -0.39 is 0 Å². The molecule has 3 aromatic heterocycles. The van der Waals surface area contributed by atoms with E-state index in [1.165, 1.54) is 5.39 Å². The van der Waals surface area contributed by atoms with E-state index in [1.807, 2.05) is 24.3 Å². The number of pyridine rings is 2. The Morgan fingerprint density at radius 1 is 0.514 bits per heavy atom. The van der Waals surface area contributed by atoms with Crippen molar-refractivity contribution in [1.29, 1.82) is 0 Å². The summed E-state index contributed by atoms with van der Waals surface area (Å²) in [6.07, 6.45) is 0. The van der Waals surface area contributed by atoms with Crippen LogP contribution in [0.2, 0.25) is 0 Å². The summed E-state index contributed by atoms with van der Waals surface area (Å²) in [5.74, 6) is 0.863. The van der Waals surface area contributed by atoms with Crippen molar-refractivity contribution in [3.63, 3.8) is 0 Å². The van der Waals surface area contributed by atoms with Crippen LogP contribution >= 0.6 is 0 Å². The molecule has 0 N–H and O–H groups in total. The molecule has 0 atom stereocenters. The van der Waals surface area contributed by atoms with Crippen molar-refractivity contribution in [1.82, 2.24) is 14.5 Å². The minimum absolute atomic E-state index is 0.863. The van der Waals surface area contributed by atoms with Crippen molar-refractivity contribution in [3.05, 3.63) is 127 Å². The van der Waals surface area contributed by atoms with Gasteiger partial charge in [-0.1, -0.05) is 103 Å². The number of fused-ring (bicyclic) bond motifs is 4. The van der Waals surface area contributed by atoms with Gasteiger partial charge in [-0.25, -0.2) is 9.97 Å². The van der Waals surface area contributed by atoms with E-state index in [0.717, 1.165) is 55.7 Å². The molecule has 3 heterocycles. The van der Waals surface area contributed by atoms with Crippen LogP contribution in [-0.4, -0.2) is 14.5 Å². The lowest BCUT2D eigenvalue weighted by Gasteiger charge is -2.10. The minimum Gasteiger partial charge on any atom is -0.278 e. The van der Waals surface area contributed by atoms with Crippen LogP contribution in [0.5, 0.6) is 0 Å². The first kappa shape index (κ1) is 19.7. The molecule has 0 aliphatic heterocycles. The van der Waals surface area contributed by atoms with Gasteiger partial charge >= 0.3 is 0 Å². The summed E-state index contributed by atoms with van der Waals surface area (Å²) >= 11 is 0. The van der Waals surface area contributed by atoms with Gasteiger partial charge in [0.2, 0.25) is 0 Å². The van der Waals surface area contributed by atoms with Crippen molar-refractivity contribution in [3.8, 4) is 28.2 Å². The van der Waals surface area contributed by atoms with E-state index in [4.69, 9.17) is 9.97 Å². The van der Waals surface area contributed by atoms with E-state index in [2.05, 4.69) is 108 Å². The molecule has 0 fully saturated rings. The standard InChI is InChI=1S/C32H21N3/c1-3-11-22(12-4-1)25-17-9-15-24-21-27-26-16-7-8-19-29(26)35(32(27)34-31(24)25)30-20-10-18-28(33-30)23-13-5-2-6-14-23/h1-21H. The molecule has 0 saturated carbocycles. The quantitative estimate of drug-likeness (QED) is 0.274. The van der Waals surface area contributed by atoms with Gasteiger partial charge in [-0.05, 0) is 29.8 Å². The van der Waals surface area contributed by atoms with Gasteiger partial charge in [-0.15, -0.1) is 0 Å². The van der Waals surface area contributed by atoms with Crippen molar-refractivity contribution in [2.45, 2.75) is 0 Å². The number of aromatic nitrogens is 3. The van der Waals surface area contributed by atoms with Crippen LogP contribution in [0.1, 0.15) is 0 Å². The lowest BCUT2D eigenvalue weighted by atomic mass is 10.0. The normalized spacial score (nSPS) is 11.4. The van der Waals surface area contributed by atoms with Gasteiger partial charge in [-0.3, -0.25) is 4.57 Å². The number of benzene rings is 4. The minimum atomic E-state index is 0.863. The summed E-state index contributed by atoms with van der Waals surface area (Å²) < 4.78 is 2.19. The third-order valence-electron chi connectivity index (χ3n) is 6.59. The van der Waals surface area contributed by atoms with Crippen LogP contribution in [-0.2, 0) is 0 Å². The smallest absolute Gasteiger partial charge is 0.147 e. The molecule has 3 heteroatoms. The Labute approximate surface area is 203 Å². The predicted molar refractivity (Wildman–Crippen MR) is 145 cm³/mol. The number of nitrogens with zero attached hydrogens (tertiary/aromatic N) is 3. The lowest BCUT2D eigenvalue weighted by molar-refractivity contribution is 1.06. The molecule has 0 bridgehead atoms. The molecule has 0 saturated heterocycles. The van der Waals surface area contributed by atoms with Gasteiger partial charge < -0.3 is 0 Å². The van der Waals surface area contributed by atoms with Crippen LogP contribution in [0.25, 0.3) is 61.0 Å². The highest BCUT2D eigenvalue weighted by Crippen LogP contribution is 2.35. The zero-order chi connectivity index (χ0) is 23.2. The Morgan fingerprint density at radius 2 is 1.23 bits per heavy atom. The molecule has 7 rings (SSSR count). The average Bonchev–Trinajstić information content (AvgIpc) is 3.26. The predicted octanol–water partition coefficient (Wildman–Crippen LogP) is 8.06. The first-order valence-corrected chi connectivity index (χ1v) is 11.8. The second kappa shape index (κ2) is 7.93. The monoisotopic (exact) mass is 447 g/mol. The van der Waals surface area contributed by atoms with Crippen molar-refractivity contribution >= 4 is 32.8 Å². The van der Waals surface area contributed by atoms with Crippen molar-refractivity contribution in [2.24, 2.45) is 0 Å². The van der Waals surface area contributed by atoms with Crippen LogP contribution < -0.4 is 0 Å². The Hall–Kier alpha value is -4.76. The zero-order valence-electron chi connectivity index (χ0n) is 19.0. The molecule has 35 heavy (non-hydrogen) atoms. The molecule has 0 amide bonds. The molecule has 0 radical (unpaired) electrons. The van der Waals surface area contributed by atoms with Crippen molar-refractivity contribution in [2.75, 3.05) is 0 Å². The maximum absolute atomic E-state index is 5.29. The second-order valence-corrected chi connectivity index (χ2v) is 8.70. The summed E-state index contributed by atoms with van der Waals surface area (Å²) in [5.41, 5.74) is 7.35. The van der Waals surface area contributed by atoms with Crippen LogP contribution in [0, 0.1) is 0 Å². The fourth-order valence-corrected chi connectivity index (χ4v) is 4.97. The van der Waals surface area contributed by atoms with E-state index in [9.17, 15) is 0 Å². The fourth-order valence-electron chi connectivity index (χ4n) is 4.97. The molecule has 3 nitrogen and oxygen atoms in total. The zero-order valence-corrected chi connectivity index (χ0v) is 19.0. The summed E-state index contributed by atoms with van der Waals surface area (Å²) in [6, 6.07) is 44.1. The molecular formula is C32H21N3. The first-order valence-electron chi connectivity index (χ1n) is 11.8. The molecule has 0 aliphatic carbocycles. The lowest BCUT2D eigenvalue weighted by Crippen LogP contribution is -2.00. The summed E-state index contributed by atoms with van der Waals surface area (Å²) in [5, 5.41) is 3.44.